The predicted molar refractivity (Wildman–Crippen MR) is 79.8 cm³/mol. The van der Waals surface area contributed by atoms with E-state index in [4.69, 9.17) is 27.9 Å². The van der Waals surface area contributed by atoms with Crippen molar-refractivity contribution in [2.24, 2.45) is 5.41 Å². The van der Waals surface area contributed by atoms with Gasteiger partial charge in [0.25, 0.3) is 5.69 Å². The van der Waals surface area contributed by atoms with Crippen LogP contribution in [0.5, 0.6) is 5.75 Å². The van der Waals surface area contributed by atoms with E-state index < -0.39 is 4.92 Å². The lowest BCUT2D eigenvalue weighted by Gasteiger charge is -2.52. The summed E-state index contributed by atoms with van der Waals surface area (Å²) in [4.78, 5) is 10.2. The molecule has 0 aliphatic heterocycles. The summed E-state index contributed by atoms with van der Waals surface area (Å²) in [5.74, 6) is 0.556. The molecule has 20 heavy (non-hydrogen) atoms. The van der Waals surface area contributed by atoms with E-state index in [1.807, 2.05) is 0 Å². The average molecular weight is 318 g/mol. The Morgan fingerprint density at radius 1 is 1.45 bits per heavy atom. The molecule has 1 fully saturated rings. The number of halogens is 2. The molecule has 1 aromatic rings. The molecule has 0 N–H and O–H groups in total. The lowest BCUT2D eigenvalue weighted by Crippen LogP contribution is -2.56. The van der Waals surface area contributed by atoms with Crippen molar-refractivity contribution in [1.82, 2.24) is 0 Å². The third-order valence-corrected chi connectivity index (χ3v) is 5.31. The Kier molecular flexibility index (Phi) is 4.45. The van der Waals surface area contributed by atoms with Gasteiger partial charge < -0.3 is 4.74 Å². The number of nitro benzene ring substituents is 1. The summed E-state index contributed by atoms with van der Waals surface area (Å²) in [7, 11) is 0. The van der Waals surface area contributed by atoms with E-state index in [1.54, 1.807) is 6.07 Å². The van der Waals surface area contributed by atoms with Crippen LogP contribution in [0.25, 0.3) is 0 Å². The van der Waals surface area contributed by atoms with Crippen LogP contribution in [0, 0.1) is 15.5 Å². The fourth-order valence-corrected chi connectivity index (χ4v) is 3.74. The molecular formula is C14H17Cl2NO3. The first-order valence-corrected chi connectivity index (χ1v) is 7.50. The zero-order valence-electron chi connectivity index (χ0n) is 11.4. The number of ether oxygens (including phenoxy) is 1. The first-order chi connectivity index (χ1) is 9.44. The summed E-state index contributed by atoms with van der Waals surface area (Å²) in [5.41, 5.74) is -0.129. The van der Waals surface area contributed by atoms with E-state index in [2.05, 4.69) is 13.8 Å². The second-order valence-electron chi connectivity index (χ2n) is 5.12. The van der Waals surface area contributed by atoms with Crippen LogP contribution in [-0.2, 0) is 0 Å². The minimum Gasteiger partial charge on any atom is -0.490 e. The maximum absolute atomic E-state index is 10.7. The van der Waals surface area contributed by atoms with Gasteiger partial charge >= 0.3 is 0 Å². The van der Waals surface area contributed by atoms with Crippen molar-refractivity contribution in [3.8, 4) is 5.75 Å². The maximum atomic E-state index is 10.7. The zero-order chi connectivity index (χ0) is 14.9. The van der Waals surface area contributed by atoms with Crippen LogP contribution in [0.4, 0.5) is 5.69 Å². The smallest absolute Gasteiger partial charge is 0.288 e. The molecule has 1 aliphatic rings. The SMILES string of the molecule is CCC1(CC)C(Cl)CC1Oc1ccc([N+](=O)[O-])c(Cl)c1. The summed E-state index contributed by atoms with van der Waals surface area (Å²) in [6, 6.07) is 4.45. The molecule has 2 atom stereocenters. The maximum Gasteiger partial charge on any atom is 0.288 e. The van der Waals surface area contributed by atoms with E-state index in [1.165, 1.54) is 12.1 Å². The Morgan fingerprint density at radius 3 is 2.55 bits per heavy atom. The molecule has 0 heterocycles. The van der Waals surface area contributed by atoms with Gasteiger partial charge in [0.1, 0.15) is 16.9 Å². The molecule has 1 aromatic carbocycles. The van der Waals surface area contributed by atoms with Crippen LogP contribution >= 0.6 is 23.2 Å². The van der Waals surface area contributed by atoms with Gasteiger partial charge in [-0.2, -0.15) is 0 Å². The molecule has 6 heteroatoms. The number of alkyl halides is 1. The van der Waals surface area contributed by atoms with E-state index >= 15 is 0 Å². The Bertz CT molecular complexity index is 517. The summed E-state index contributed by atoms with van der Waals surface area (Å²) in [6.45, 7) is 4.22. The molecule has 2 rings (SSSR count). The highest BCUT2D eigenvalue weighted by Crippen LogP contribution is 2.52. The monoisotopic (exact) mass is 317 g/mol. The Hall–Kier alpha value is -1.00. The molecule has 0 saturated heterocycles. The number of nitrogens with zero attached hydrogens (tertiary/aromatic N) is 1. The molecular weight excluding hydrogens is 301 g/mol. The van der Waals surface area contributed by atoms with Crippen molar-refractivity contribution >= 4 is 28.9 Å². The number of hydrogen-bond donors (Lipinski definition) is 0. The number of hydrogen-bond acceptors (Lipinski definition) is 3. The second kappa shape index (κ2) is 5.78. The van der Waals surface area contributed by atoms with Crippen molar-refractivity contribution in [2.45, 2.75) is 44.6 Å². The average Bonchev–Trinajstić information content (AvgIpc) is 2.39. The Balaban J connectivity index is 2.15. The van der Waals surface area contributed by atoms with Gasteiger partial charge in [0.15, 0.2) is 0 Å². The molecule has 4 nitrogen and oxygen atoms in total. The van der Waals surface area contributed by atoms with Gasteiger partial charge in [-0.1, -0.05) is 25.4 Å². The van der Waals surface area contributed by atoms with Crippen molar-refractivity contribution in [3.05, 3.63) is 33.3 Å². The minimum atomic E-state index is -0.507. The normalized spacial score (nSPS) is 24.0. The van der Waals surface area contributed by atoms with Gasteiger partial charge in [0, 0.05) is 29.3 Å². The van der Waals surface area contributed by atoms with Gasteiger partial charge in [-0.3, -0.25) is 10.1 Å². The lowest BCUT2D eigenvalue weighted by atomic mass is 9.62. The Labute approximate surface area is 128 Å². The molecule has 110 valence electrons. The molecule has 0 radical (unpaired) electrons. The second-order valence-corrected chi connectivity index (χ2v) is 6.05. The van der Waals surface area contributed by atoms with Crippen molar-refractivity contribution in [1.29, 1.82) is 0 Å². The van der Waals surface area contributed by atoms with Crippen LogP contribution < -0.4 is 4.74 Å². The number of benzene rings is 1. The minimum absolute atomic E-state index is 0.0180. The van der Waals surface area contributed by atoms with Gasteiger partial charge in [-0.15, -0.1) is 11.6 Å². The lowest BCUT2D eigenvalue weighted by molar-refractivity contribution is -0.384. The quantitative estimate of drug-likeness (QED) is 0.444. The molecule has 0 spiro atoms. The molecule has 0 aromatic heterocycles. The van der Waals surface area contributed by atoms with Gasteiger partial charge in [-0.25, -0.2) is 0 Å². The van der Waals surface area contributed by atoms with Crippen molar-refractivity contribution in [3.63, 3.8) is 0 Å². The first kappa shape index (κ1) is 15.4. The van der Waals surface area contributed by atoms with Gasteiger partial charge in [-0.05, 0) is 18.9 Å². The van der Waals surface area contributed by atoms with Crippen LogP contribution in [-0.4, -0.2) is 16.4 Å². The van der Waals surface area contributed by atoms with Gasteiger partial charge in [0.2, 0.25) is 0 Å². The van der Waals surface area contributed by atoms with Crippen LogP contribution in [0.15, 0.2) is 18.2 Å². The van der Waals surface area contributed by atoms with E-state index in [0.717, 1.165) is 19.3 Å². The summed E-state index contributed by atoms with van der Waals surface area (Å²) in [5, 5.41) is 10.9. The first-order valence-electron chi connectivity index (χ1n) is 6.69. The largest absolute Gasteiger partial charge is 0.490 e. The van der Waals surface area contributed by atoms with Crippen molar-refractivity contribution in [2.75, 3.05) is 0 Å². The summed E-state index contributed by atoms with van der Waals surface area (Å²) < 4.78 is 5.94. The summed E-state index contributed by atoms with van der Waals surface area (Å²) in [6.07, 6.45) is 2.72. The zero-order valence-corrected chi connectivity index (χ0v) is 12.9. The highest BCUT2D eigenvalue weighted by atomic mass is 35.5. The molecule has 1 aliphatic carbocycles. The topological polar surface area (TPSA) is 52.4 Å². The van der Waals surface area contributed by atoms with Crippen LogP contribution in [0.2, 0.25) is 5.02 Å². The fourth-order valence-electron chi connectivity index (χ4n) is 2.89. The molecule has 0 amide bonds. The highest BCUT2D eigenvalue weighted by molar-refractivity contribution is 6.32. The van der Waals surface area contributed by atoms with Crippen LogP contribution in [0.1, 0.15) is 33.1 Å². The predicted octanol–water partition coefficient (Wildman–Crippen LogP) is 4.81. The van der Waals surface area contributed by atoms with E-state index in [0.29, 0.717) is 5.75 Å². The molecule has 1 saturated carbocycles. The molecule has 0 bridgehead atoms. The molecule has 2 unspecified atom stereocenters. The number of nitro groups is 1. The van der Waals surface area contributed by atoms with E-state index in [-0.39, 0.29) is 27.6 Å². The van der Waals surface area contributed by atoms with Crippen LogP contribution in [0.3, 0.4) is 0 Å². The Morgan fingerprint density at radius 2 is 2.10 bits per heavy atom. The number of rotatable bonds is 5. The van der Waals surface area contributed by atoms with E-state index in [9.17, 15) is 10.1 Å². The summed E-state index contributed by atoms with van der Waals surface area (Å²) >= 11 is 12.2. The van der Waals surface area contributed by atoms with Crippen molar-refractivity contribution < 1.29 is 9.66 Å². The highest BCUT2D eigenvalue weighted by Gasteiger charge is 2.53. The third-order valence-electron chi connectivity index (χ3n) is 4.40. The van der Waals surface area contributed by atoms with Gasteiger partial charge in [0.05, 0.1) is 4.92 Å². The standard InChI is InChI=1S/C14H17Cl2NO3/c1-3-14(4-2)12(16)8-13(14)20-9-5-6-11(17(18)19)10(15)7-9/h5-7,12-13H,3-4,8H2,1-2H3. The third kappa shape index (κ3) is 2.47. The fraction of sp³-hybridized carbons (Fsp3) is 0.571.